The van der Waals surface area contributed by atoms with Gasteiger partial charge in [0.05, 0.1) is 11.6 Å². The summed E-state index contributed by atoms with van der Waals surface area (Å²) in [4.78, 5) is 14.2. The molecule has 100 valence electrons. The van der Waals surface area contributed by atoms with E-state index in [0.717, 1.165) is 25.9 Å². The molecule has 0 bridgehead atoms. The number of amides is 1. The Hall–Kier alpha value is -1.86. The molecule has 19 heavy (non-hydrogen) atoms. The van der Waals surface area contributed by atoms with Crippen LogP contribution in [0.5, 0.6) is 0 Å². The number of benzene rings is 1. The van der Waals surface area contributed by atoms with Crippen molar-refractivity contribution in [3.05, 3.63) is 35.4 Å². The molecular formula is C15H19N3O. The molecule has 1 aliphatic rings. The van der Waals surface area contributed by atoms with E-state index in [9.17, 15) is 4.79 Å². The first kappa shape index (κ1) is 13.6. The van der Waals surface area contributed by atoms with Crippen LogP contribution in [0.25, 0.3) is 0 Å². The number of hydrogen-bond acceptors (Lipinski definition) is 3. The largest absolute Gasteiger partial charge is 0.339 e. The number of nitriles is 1. The number of rotatable bonds is 2. The second kappa shape index (κ2) is 5.41. The maximum atomic E-state index is 12.4. The second-order valence-corrected chi connectivity index (χ2v) is 5.30. The standard InChI is InChI=1S/C15H19N3O/c1-15(17-2)6-8-18(9-7-15)14(19)13-5-3-4-12(10-13)11-16/h3-5,10,17H,6-9H2,1-2H3. The summed E-state index contributed by atoms with van der Waals surface area (Å²) < 4.78 is 0. The maximum Gasteiger partial charge on any atom is 0.253 e. The lowest BCUT2D eigenvalue weighted by Gasteiger charge is -2.39. The quantitative estimate of drug-likeness (QED) is 0.878. The van der Waals surface area contributed by atoms with Crippen molar-refractivity contribution >= 4 is 5.91 Å². The van der Waals surface area contributed by atoms with E-state index < -0.39 is 0 Å². The molecule has 0 aliphatic carbocycles. The average Bonchev–Trinajstić information content (AvgIpc) is 2.47. The zero-order valence-corrected chi connectivity index (χ0v) is 11.4. The fraction of sp³-hybridized carbons (Fsp3) is 0.467. The zero-order valence-electron chi connectivity index (χ0n) is 11.4. The van der Waals surface area contributed by atoms with Gasteiger partial charge in [-0.1, -0.05) is 6.07 Å². The van der Waals surface area contributed by atoms with Crippen LogP contribution < -0.4 is 5.32 Å². The predicted octanol–water partition coefficient (Wildman–Crippen LogP) is 1.77. The van der Waals surface area contributed by atoms with Gasteiger partial charge in [-0.05, 0) is 45.0 Å². The minimum Gasteiger partial charge on any atom is -0.339 e. The first-order valence-electron chi connectivity index (χ1n) is 6.56. The van der Waals surface area contributed by atoms with Crippen LogP contribution in [0.3, 0.4) is 0 Å². The summed E-state index contributed by atoms with van der Waals surface area (Å²) >= 11 is 0. The smallest absolute Gasteiger partial charge is 0.253 e. The summed E-state index contributed by atoms with van der Waals surface area (Å²) in [7, 11) is 1.97. The van der Waals surface area contributed by atoms with Crippen molar-refractivity contribution in [2.45, 2.75) is 25.3 Å². The van der Waals surface area contributed by atoms with Crippen LogP contribution in [0, 0.1) is 11.3 Å². The summed E-state index contributed by atoms with van der Waals surface area (Å²) in [5, 5.41) is 12.2. The molecule has 1 aliphatic heterocycles. The minimum atomic E-state index is 0.0234. The SMILES string of the molecule is CNC1(C)CCN(C(=O)c2cccc(C#N)c2)CC1. The molecule has 4 nitrogen and oxygen atoms in total. The van der Waals surface area contributed by atoms with Crippen molar-refractivity contribution in [1.82, 2.24) is 10.2 Å². The van der Waals surface area contributed by atoms with E-state index in [1.165, 1.54) is 0 Å². The summed E-state index contributed by atoms with van der Waals surface area (Å²) in [5.74, 6) is 0.0234. The van der Waals surface area contributed by atoms with Crippen LogP contribution >= 0.6 is 0 Å². The molecular weight excluding hydrogens is 238 g/mol. The summed E-state index contributed by atoms with van der Waals surface area (Å²) in [6.45, 7) is 3.70. The van der Waals surface area contributed by atoms with Crippen LogP contribution in [0.4, 0.5) is 0 Å². The van der Waals surface area contributed by atoms with Gasteiger partial charge in [0.25, 0.3) is 5.91 Å². The van der Waals surface area contributed by atoms with Gasteiger partial charge in [-0.3, -0.25) is 4.79 Å². The Morgan fingerprint density at radius 1 is 1.42 bits per heavy atom. The van der Waals surface area contributed by atoms with Crippen LogP contribution in [0.1, 0.15) is 35.7 Å². The van der Waals surface area contributed by atoms with Crippen molar-refractivity contribution < 1.29 is 4.79 Å². The number of piperidine rings is 1. The van der Waals surface area contributed by atoms with Crippen LogP contribution in [0.15, 0.2) is 24.3 Å². The number of carbonyl (C=O) groups excluding carboxylic acids is 1. The van der Waals surface area contributed by atoms with Crippen molar-refractivity contribution in [2.24, 2.45) is 0 Å². The Bertz CT molecular complexity index is 510. The molecule has 4 heteroatoms. The molecule has 1 heterocycles. The first-order chi connectivity index (χ1) is 9.08. The molecule has 0 unspecified atom stereocenters. The van der Waals surface area contributed by atoms with E-state index in [-0.39, 0.29) is 11.4 Å². The second-order valence-electron chi connectivity index (χ2n) is 5.30. The monoisotopic (exact) mass is 257 g/mol. The molecule has 1 amide bonds. The Morgan fingerprint density at radius 3 is 2.68 bits per heavy atom. The Labute approximate surface area is 114 Å². The highest BCUT2D eigenvalue weighted by molar-refractivity contribution is 5.94. The van der Waals surface area contributed by atoms with E-state index in [1.807, 2.05) is 11.9 Å². The van der Waals surface area contributed by atoms with Gasteiger partial charge in [-0.15, -0.1) is 0 Å². The van der Waals surface area contributed by atoms with E-state index >= 15 is 0 Å². The third-order valence-corrected chi connectivity index (χ3v) is 4.00. The summed E-state index contributed by atoms with van der Waals surface area (Å²) in [6, 6.07) is 8.97. The van der Waals surface area contributed by atoms with Gasteiger partial charge in [-0.2, -0.15) is 5.26 Å². The molecule has 1 aromatic carbocycles. The van der Waals surface area contributed by atoms with Crippen molar-refractivity contribution in [3.63, 3.8) is 0 Å². The van der Waals surface area contributed by atoms with Crippen LogP contribution in [-0.2, 0) is 0 Å². The number of nitrogens with one attached hydrogen (secondary N) is 1. The van der Waals surface area contributed by atoms with Crippen molar-refractivity contribution in [2.75, 3.05) is 20.1 Å². The fourth-order valence-electron chi connectivity index (χ4n) is 2.36. The lowest BCUT2D eigenvalue weighted by Crippen LogP contribution is -2.51. The molecule has 0 saturated carbocycles. The molecule has 0 radical (unpaired) electrons. The number of carbonyl (C=O) groups is 1. The molecule has 1 N–H and O–H groups in total. The highest BCUT2D eigenvalue weighted by Crippen LogP contribution is 2.22. The van der Waals surface area contributed by atoms with E-state index in [4.69, 9.17) is 5.26 Å². The van der Waals surface area contributed by atoms with E-state index in [2.05, 4.69) is 18.3 Å². The number of nitrogens with zero attached hydrogens (tertiary/aromatic N) is 2. The fourth-order valence-corrected chi connectivity index (χ4v) is 2.36. The number of likely N-dealkylation sites (tertiary alicyclic amines) is 1. The third-order valence-electron chi connectivity index (χ3n) is 4.00. The summed E-state index contributed by atoms with van der Waals surface area (Å²) in [5.41, 5.74) is 1.26. The van der Waals surface area contributed by atoms with Gasteiger partial charge >= 0.3 is 0 Å². The van der Waals surface area contributed by atoms with Gasteiger partial charge in [0, 0.05) is 24.2 Å². The topological polar surface area (TPSA) is 56.1 Å². The highest BCUT2D eigenvalue weighted by atomic mass is 16.2. The van der Waals surface area contributed by atoms with Crippen molar-refractivity contribution in [1.29, 1.82) is 5.26 Å². The molecule has 1 saturated heterocycles. The summed E-state index contributed by atoms with van der Waals surface area (Å²) in [6.07, 6.45) is 1.90. The predicted molar refractivity (Wildman–Crippen MR) is 73.8 cm³/mol. The highest BCUT2D eigenvalue weighted by Gasteiger charge is 2.30. The Morgan fingerprint density at radius 2 is 2.11 bits per heavy atom. The van der Waals surface area contributed by atoms with Crippen LogP contribution in [-0.4, -0.2) is 36.5 Å². The molecule has 0 aromatic heterocycles. The Balaban J connectivity index is 2.07. The normalized spacial score (nSPS) is 17.8. The van der Waals surface area contributed by atoms with Crippen molar-refractivity contribution in [3.8, 4) is 6.07 Å². The van der Waals surface area contributed by atoms with Gasteiger partial charge in [0.2, 0.25) is 0 Å². The minimum absolute atomic E-state index is 0.0234. The molecule has 0 atom stereocenters. The van der Waals surface area contributed by atoms with Crippen LogP contribution in [0.2, 0.25) is 0 Å². The molecule has 0 spiro atoms. The third kappa shape index (κ3) is 2.94. The maximum absolute atomic E-state index is 12.4. The molecule has 1 fully saturated rings. The van der Waals surface area contributed by atoms with Gasteiger partial charge in [0.1, 0.15) is 0 Å². The zero-order chi connectivity index (χ0) is 13.9. The van der Waals surface area contributed by atoms with E-state index in [1.54, 1.807) is 24.3 Å². The average molecular weight is 257 g/mol. The first-order valence-corrected chi connectivity index (χ1v) is 6.56. The van der Waals surface area contributed by atoms with E-state index in [0.29, 0.717) is 11.1 Å². The van der Waals surface area contributed by atoms with Gasteiger partial charge < -0.3 is 10.2 Å². The van der Waals surface area contributed by atoms with Gasteiger partial charge in [0.15, 0.2) is 0 Å². The lowest BCUT2D eigenvalue weighted by molar-refractivity contribution is 0.0662. The Kier molecular flexibility index (Phi) is 3.87. The molecule has 2 rings (SSSR count). The molecule has 1 aromatic rings. The number of hydrogen-bond donors (Lipinski definition) is 1. The van der Waals surface area contributed by atoms with Gasteiger partial charge in [-0.25, -0.2) is 0 Å². The lowest BCUT2D eigenvalue weighted by atomic mass is 9.89.